The molecular weight excluding hydrogens is 204 g/mol. The van der Waals surface area contributed by atoms with Crippen LogP contribution in [0.1, 0.15) is 6.42 Å². The van der Waals surface area contributed by atoms with E-state index in [-0.39, 0.29) is 11.8 Å². The number of likely N-dealkylation sites (tertiary alicyclic amines) is 1. The number of carbonyl (C=O) groups is 1. The molecule has 5 heteroatoms. The molecule has 5 nitrogen and oxygen atoms in total. The van der Waals surface area contributed by atoms with Crippen LogP contribution in [0.25, 0.3) is 0 Å². The third-order valence-corrected chi connectivity index (χ3v) is 2.80. The summed E-state index contributed by atoms with van der Waals surface area (Å²) in [5.74, 6) is 0.680. The first-order valence-corrected chi connectivity index (χ1v) is 5.36. The number of hydrogen-bond donors (Lipinski definition) is 2. The first-order chi connectivity index (χ1) is 7.65. The summed E-state index contributed by atoms with van der Waals surface area (Å²) < 4.78 is 0. The van der Waals surface area contributed by atoms with E-state index in [2.05, 4.69) is 15.2 Å². The standard InChI is InChI=1S/C11H16N4O/c1-15-5-4-8(7-15)11(16)14-10-3-2-9(12)6-13-10/h2-3,6,8H,4-5,7,12H2,1H3,(H,13,14,16). The molecule has 86 valence electrons. The van der Waals surface area contributed by atoms with E-state index in [1.165, 1.54) is 6.20 Å². The topological polar surface area (TPSA) is 71.2 Å². The highest BCUT2D eigenvalue weighted by atomic mass is 16.2. The molecule has 0 spiro atoms. The molecule has 0 aromatic carbocycles. The zero-order chi connectivity index (χ0) is 11.5. The number of pyridine rings is 1. The summed E-state index contributed by atoms with van der Waals surface area (Å²) >= 11 is 0. The number of rotatable bonds is 2. The predicted molar refractivity (Wildman–Crippen MR) is 62.9 cm³/mol. The smallest absolute Gasteiger partial charge is 0.229 e. The number of nitrogens with one attached hydrogen (secondary N) is 1. The molecule has 2 rings (SSSR count). The maximum Gasteiger partial charge on any atom is 0.229 e. The number of aromatic nitrogens is 1. The highest BCUT2D eigenvalue weighted by molar-refractivity contribution is 5.92. The molecule has 1 aromatic heterocycles. The average molecular weight is 220 g/mol. The van der Waals surface area contributed by atoms with Crippen molar-refractivity contribution in [1.29, 1.82) is 0 Å². The van der Waals surface area contributed by atoms with Crippen molar-refractivity contribution in [3.63, 3.8) is 0 Å². The molecule has 0 saturated carbocycles. The van der Waals surface area contributed by atoms with Crippen LogP contribution in [-0.2, 0) is 4.79 Å². The van der Waals surface area contributed by atoms with E-state index in [1.54, 1.807) is 12.1 Å². The second-order valence-corrected chi connectivity index (χ2v) is 4.21. The summed E-state index contributed by atoms with van der Waals surface area (Å²) in [6.07, 6.45) is 2.45. The van der Waals surface area contributed by atoms with E-state index in [0.717, 1.165) is 19.5 Å². The van der Waals surface area contributed by atoms with Crippen LogP contribution in [0.2, 0.25) is 0 Å². The molecule has 3 N–H and O–H groups in total. The number of hydrogen-bond acceptors (Lipinski definition) is 4. The van der Waals surface area contributed by atoms with Crippen LogP contribution in [0.15, 0.2) is 18.3 Å². The van der Waals surface area contributed by atoms with E-state index >= 15 is 0 Å². The van der Waals surface area contributed by atoms with Crippen LogP contribution in [0.5, 0.6) is 0 Å². The Balaban J connectivity index is 1.94. The Kier molecular flexibility index (Phi) is 3.05. The zero-order valence-electron chi connectivity index (χ0n) is 9.31. The Labute approximate surface area is 94.6 Å². The van der Waals surface area contributed by atoms with Gasteiger partial charge in [-0.2, -0.15) is 0 Å². The quantitative estimate of drug-likeness (QED) is 0.763. The fraction of sp³-hybridized carbons (Fsp3) is 0.455. The lowest BCUT2D eigenvalue weighted by Gasteiger charge is -2.10. The first kappa shape index (κ1) is 10.9. The second-order valence-electron chi connectivity index (χ2n) is 4.21. The third-order valence-electron chi connectivity index (χ3n) is 2.80. The largest absolute Gasteiger partial charge is 0.397 e. The molecule has 1 unspecified atom stereocenters. The van der Waals surface area contributed by atoms with Crippen molar-refractivity contribution in [2.24, 2.45) is 5.92 Å². The minimum absolute atomic E-state index is 0.0432. The molecule has 1 fully saturated rings. The van der Waals surface area contributed by atoms with Gasteiger partial charge in [0.15, 0.2) is 0 Å². The molecule has 0 aliphatic carbocycles. The Morgan fingerprint density at radius 3 is 3.00 bits per heavy atom. The number of nitrogens with two attached hydrogens (primary N) is 1. The lowest BCUT2D eigenvalue weighted by Crippen LogP contribution is -2.25. The molecule has 1 aliphatic heterocycles. The van der Waals surface area contributed by atoms with Crippen molar-refractivity contribution in [2.75, 3.05) is 31.2 Å². The van der Waals surface area contributed by atoms with E-state index in [0.29, 0.717) is 11.5 Å². The van der Waals surface area contributed by atoms with Gasteiger partial charge in [0.05, 0.1) is 17.8 Å². The van der Waals surface area contributed by atoms with Gasteiger partial charge in [0, 0.05) is 6.54 Å². The zero-order valence-corrected chi connectivity index (χ0v) is 9.31. The minimum Gasteiger partial charge on any atom is -0.397 e. The van der Waals surface area contributed by atoms with Crippen LogP contribution in [0.3, 0.4) is 0 Å². The van der Waals surface area contributed by atoms with Gasteiger partial charge in [-0.15, -0.1) is 0 Å². The van der Waals surface area contributed by atoms with Gasteiger partial charge < -0.3 is 16.0 Å². The molecule has 1 saturated heterocycles. The van der Waals surface area contributed by atoms with E-state index in [4.69, 9.17) is 5.73 Å². The van der Waals surface area contributed by atoms with Crippen molar-refractivity contribution < 1.29 is 4.79 Å². The van der Waals surface area contributed by atoms with Gasteiger partial charge in [-0.3, -0.25) is 4.79 Å². The third kappa shape index (κ3) is 2.49. The fourth-order valence-corrected chi connectivity index (χ4v) is 1.86. The van der Waals surface area contributed by atoms with Crippen molar-refractivity contribution in [3.8, 4) is 0 Å². The molecule has 0 bridgehead atoms. The molecule has 1 amide bonds. The van der Waals surface area contributed by atoms with Crippen molar-refractivity contribution in [3.05, 3.63) is 18.3 Å². The molecule has 2 heterocycles. The Morgan fingerprint density at radius 1 is 1.62 bits per heavy atom. The van der Waals surface area contributed by atoms with Crippen LogP contribution in [0, 0.1) is 5.92 Å². The number of nitrogens with zero attached hydrogens (tertiary/aromatic N) is 2. The van der Waals surface area contributed by atoms with Gasteiger partial charge in [-0.05, 0) is 32.1 Å². The molecular formula is C11H16N4O. The minimum atomic E-state index is 0.0432. The number of nitrogen functional groups attached to an aromatic ring is 1. The summed E-state index contributed by atoms with van der Waals surface area (Å²) in [4.78, 5) is 18.0. The first-order valence-electron chi connectivity index (χ1n) is 5.36. The summed E-state index contributed by atoms with van der Waals surface area (Å²) in [7, 11) is 2.02. The van der Waals surface area contributed by atoms with Gasteiger partial charge in [0.25, 0.3) is 0 Å². The number of amides is 1. The lowest BCUT2D eigenvalue weighted by atomic mass is 10.1. The van der Waals surface area contributed by atoms with Gasteiger partial charge in [0.2, 0.25) is 5.91 Å². The molecule has 1 aliphatic rings. The van der Waals surface area contributed by atoms with Crippen molar-refractivity contribution in [2.45, 2.75) is 6.42 Å². The summed E-state index contributed by atoms with van der Waals surface area (Å²) in [5, 5.41) is 2.80. The summed E-state index contributed by atoms with van der Waals surface area (Å²) in [6, 6.07) is 3.44. The van der Waals surface area contributed by atoms with Gasteiger partial charge >= 0.3 is 0 Å². The molecule has 16 heavy (non-hydrogen) atoms. The average Bonchev–Trinajstić information content (AvgIpc) is 2.68. The van der Waals surface area contributed by atoms with E-state index in [9.17, 15) is 4.79 Å². The Morgan fingerprint density at radius 2 is 2.44 bits per heavy atom. The van der Waals surface area contributed by atoms with Crippen molar-refractivity contribution in [1.82, 2.24) is 9.88 Å². The lowest BCUT2D eigenvalue weighted by molar-refractivity contribution is -0.119. The van der Waals surface area contributed by atoms with E-state index in [1.807, 2.05) is 7.05 Å². The molecule has 0 radical (unpaired) electrons. The number of anilines is 2. The normalized spacial score (nSPS) is 20.9. The van der Waals surface area contributed by atoms with Gasteiger partial charge in [-0.25, -0.2) is 4.98 Å². The monoisotopic (exact) mass is 220 g/mol. The highest BCUT2D eigenvalue weighted by Crippen LogP contribution is 2.16. The SMILES string of the molecule is CN1CCC(C(=O)Nc2ccc(N)cn2)C1. The van der Waals surface area contributed by atoms with Gasteiger partial charge in [0.1, 0.15) is 5.82 Å². The molecule has 1 aromatic rings. The maximum absolute atomic E-state index is 11.8. The Hall–Kier alpha value is -1.62. The highest BCUT2D eigenvalue weighted by Gasteiger charge is 2.26. The second kappa shape index (κ2) is 4.49. The van der Waals surface area contributed by atoms with Gasteiger partial charge in [-0.1, -0.05) is 0 Å². The Bertz CT molecular complexity index is 376. The number of carbonyl (C=O) groups excluding carboxylic acids is 1. The van der Waals surface area contributed by atoms with E-state index < -0.39 is 0 Å². The van der Waals surface area contributed by atoms with Crippen LogP contribution in [0.4, 0.5) is 11.5 Å². The fourth-order valence-electron chi connectivity index (χ4n) is 1.86. The summed E-state index contributed by atoms with van der Waals surface area (Å²) in [5.41, 5.74) is 6.11. The predicted octanol–water partition coefficient (Wildman–Crippen LogP) is 0.554. The van der Waals surface area contributed by atoms with Crippen molar-refractivity contribution >= 4 is 17.4 Å². The molecule has 1 atom stereocenters. The van der Waals surface area contributed by atoms with Crippen LogP contribution < -0.4 is 11.1 Å². The maximum atomic E-state index is 11.8. The van der Waals surface area contributed by atoms with Crippen LogP contribution in [-0.4, -0.2) is 35.9 Å². The van der Waals surface area contributed by atoms with Crippen LogP contribution >= 0.6 is 0 Å². The summed E-state index contributed by atoms with van der Waals surface area (Å²) in [6.45, 7) is 1.80.